The van der Waals surface area contributed by atoms with Crippen LogP contribution in [0.25, 0.3) is 0 Å². The van der Waals surface area contributed by atoms with Crippen LogP contribution in [0.3, 0.4) is 0 Å². The fourth-order valence-corrected chi connectivity index (χ4v) is 1.22. The first-order valence-electron chi connectivity index (χ1n) is 5.26. The van der Waals surface area contributed by atoms with Crippen molar-refractivity contribution >= 4 is 17.6 Å². The fourth-order valence-electron chi connectivity index (χ4n) is 1.05. The molecule has 2 nitrogen and oxygen atoms in total. The van der Waals surface area contributed by atoms with Crippen LogP contribution in [0, 0.1) is 0 Å². The second-order valence-electron chi connectivity index (χ2n) is 3.90. The molecule has 0 N–H and O–H groups in total. The summed E-state index contributed by atoms with van der Waals surface area (Å²) in [6.07, 6.45) is 7.65. The zero-order valence-corrected chi connectivity index (χ0v) is 11.1. The quantitative estimate of drug-likeness (QED) is 0.311. The lowest BCUT2D eigenvalue weighted by Gasteiger charge is -1.98. The minimum atomic E-state index is -0.406. The van der Waals surface area contributed by atoms with Crippen molar-refractivity contribution < 1.29 is 9.53 Å². The smallest absolute Gasteiger partial charge is 0.308 e. The SMILES string of the molecule is CC(=O)O/C(Cl)=C/C=C(\C)CCC=C(C)C. The number of hydrogen-bond donors (Lipinski definition) is 0. The molecule has 3 heteroatoms. The maximum atomic E-state index is 10.6. The van der Waals surface area contributed by atoms with E-state index in [1.807, 2.05) is 13.0 Å². The third-order valence-corrected chi connectivity index (χ3v) is 2.03. The van der Waals surface area contributed by atoms with E-state index in [4.69, 9.17) is 11.6 Å². The monoisotopic (exact) mass is 242 g/mol. The van der Waals surface area contributed by atoms with Crippen LogP contribution in [0.1, 0.15) is 40.5 Å². The molecular formula is C13H19ClO2. The lowest BCUT2D eigenvalue weighted by Crippen LogP contribution is -1.93. The van der Waals surface area contributed by atoms with Crippen molar-refractivity contribution in [3.05, 3.63) is 34.6 Å². The molecule has 0 amide bonds. The van der Waals surface area contributed by atoms with Crippen molar-refractivity contribution in [2.24, 2.45) is 0 Å². The first-order valence-corrected chi connectivity index (χ1v) is 5.64. The molecule has 0 atom stereocenters. The third kappa shape index (κ3) is 9.53. The molecule has 90 valence electrons. The molecule has 0 unspecified atom stereocenters. The van der Waals surface area contributed by atoms with Crippen LogP contribution in [0.5, 0.6) is 0 Å². The van der Waals surface area contributed by atoms with E-state index in [2.05, 4.69) is 24.7 Å². The van der Waals surface area contributed by atoms with E-state index in [9.17, 15) is 4.79 Å². The molecule has 0 heterocycles. The number of allylic oxidation sites excluding steroid dienone is 5. The lowest BCUT2D eigenvalue weighted by atomic mass is 10.1. The van der Waals surface area contributed by atoms with Gasteiger partial charge in [-0.05, 0) is 51.3 Å². The van der Waals surface area contributed by atoms with Crippen LogP contribution in [-0.2, 0) is 9.53 Å². The highest BCUT2D eigenvalue weighted by atomic mass is 35.5. The predicted molar refractivity (Wildman–Crippen MR) is 68.1 cm³/mol. The van der Waals surface area contributed by atoms with Crippen molar-refractivity contribution in [2.45, 2.75) is 40.5 Å². The Hall–Kier alpha value is -1.02. The number of carbonyl (C=O) groups is 1. The predicted octanol–water partition coefficient (Wildman–Crippen LogP) is 4.32. The molecule has 0 aromatic heterocycles. The van der Waals surface area contributed by atoms with E-state index < -0.39 is 5.97 Å². The van der Waals surface area contributed by atoms with Crippen molar-refractivity contribution in [3.8, 4) is 0 Å². The summed E-state index contributed by atoms with van der Waals surface area (Å²) in [6.45, 7) is 7.50. The highest BCUT2D eigenvalue weighted by Crippen LogP contribution is 2.09. The molecule has 0 spiro atoms. The summed E-state index contributed by atoms with van der Waals surface area (Å²) in [5.41, 5.74) is 2.52. The van der Waals surface area contributed by atoms with Crippen LogP contribution in [0.15, 0.2) is 34.6 Å². The molecule has 16 heavy (non-hydrogen) atoms. The summed E-state index contributed by atoms with van der Waals surface area (Å²) in [5.74, 6) is -0.406. The fraction of sp³-hybridized carbons (Fsp3) is 0.462. The largest absolute Gasteiger partial charge is 0.414 e. The Kier molecular flexibility index (Phi) is 7.65. The number of carbonyl (C=O) groups excluding carboxylic acids is 1. The van der Waals surface area contributed by atoms with Gasteiger partial charge in [0.05, 0.1) is 0 Å². The molecule has 0 rings (SSSR count). The maximum absolute atomic E-state index is 10.6. The van der Waals surface area contributed by atoms with E-state index in [-0.39, 0.29) is 5.22 Å². The highest BCUT2D eigenvalue weighted by molar-refractivity contribution is 6.29. The Morgan fingerprint density at radius 1 is 1.19 bits per heavy atom. The normalized spacial score (nSPS) is 12.3. The Morgan fingerprint density at radius 2 is 1.81 bits per heavy atom. The average Bonchev–Trinajstić information content (AvgIpc) is 2.13. The van der Waals surface area contributed by atoms with Crippen LogP contribution in [0.4, 0.5) is 0 Å². The summed E-state index contributed by atoms with van der Waals surface area (Å²) in [7, 11) is 0. The van der Waals surface area contributed by atoms with Crippen LogP contribution >= 0.6 is 11.6 Å². The number of rotatable bonds is 5. The summed E-state index contributed by atoms with van der Waals surface area (Å²) < 4.78 is 4.67. The van der Waals surface area contributed by atoms with E-state index in [1.54, 1.807) is 6.08 Å². The standard InChI is InChI=1S/C13H19ClO2/c1-10(2)6-5-7-11(3)8-9-13(14)16-12(4)15/h6,8-9H,5,7H2,1-4H3/b11-8+,13-9+. The zero-order chi connectivity index (χ0) is 12.6. The van der Waals surface area contributed by atoms with Gasteiger partial charge in [0, 0.05) is 6.92 Å². The van der Waals surface area contributed by atoms with E-state index in [1.165, 1.54) is 18.1 Å². The summed E-state index contributed by atoms with van der Waals surface area (Å²) >= 11 is 5.67. The van der Waals surface area contributed by atoms with E-state index in [0.29, 0.717) is 0 Å². The Bertz CT molecular complexity index is 321. The van der Waals surface area contributed by atoms with Gasteiger partial charge in [-0.3, -0.25) is 4.79 Å². The number of halogens is 1. The van der Waals surface area contributed by atoms with E-state index >= 15 is 0 Å². The first kappa shape index (κ1) is 15.0. The van der Waals surface area contributed by atoms with Gasteiger partial charge in [0.25, 0.3) is 0 Å². The van der Waals surface area contributed by atoms with Crippen molar-refractivity contribution in [2.75, 3.05) is 0 Å². The van der Waals surface area contributed by atoms with Gasteiger partial charge in [-0.15, -0.1) is 0 Å². The van der Waals surface area contributed by atoms with Gasteiger partial charge in [-0.2, -0.15) is 0 Å². The topological polar surface area (TPSA) is 26.3 Å². The van der Waals surface area contributed by atoms with Gasteiger partial charge in [-0.1, -0.05) is 23.3 Å². The molecule has 0 bridgehead atoms. The van der Waals surface area contributed by atoms with Gasteiger partial charge >= 0.3 is 5.97 Å². The van der Waals surface area contributed by atoms with Gasteiger partial charge in [-0.25, -0.2) is 0 Å². The Morgan fingerprint density at radius 3 is 2.31 bits per heavy atom. The zero-order valence-electron chi connectivity index (χ0n) is 10.3. The second kappa shape index (κ2) is 8.17. The summed E-state index contributed by atoms with van der Waals surface area (Å²) in [4.78, 5) is 10.6. The van der Waals surface area contributed by atoms with Crippen LogP contribution < -0.4 is 0 Å². The first-order chi connectivity index (χ1) is 7.41. The third-order valence-electron chi connectivity index (χ3n) is 1.83. The van der Waals surface area contributed by atoms with Gasteiger partial charge < -0.3 is 4.74 Å². The molecule has 0 aliphatic heterocycles. The average molecular weight is 243 g/mol. The van der Waals surface area contributed by atoms with Crippen LogP contribution in [-0.4, -0.2) is 5.97 Å². The maximum Gasteiger partial charge on any atom is 0.308 e. The van der Waals surface area contributed by atoms with Gasteiger partial charge in [0.1, 0.15) is 0 Å². The molecule has 0 saturated carbocycles. The molecule has 0 aliphatic rings. The molecular weight excluding hydrogens is 224 g/mol. The number of hydrogen-bond acceptors (Lipinski definition) is 2. The Labute approximate surface area is 103 Å². The minimum absolute atomic E-state index is 0.106. The summed E-state index contributed by atoms with van der Waals surface area (Å²) in [6, 6.07) is 0. The molecule has 0 aliphatic carbocycles. The second-order valence-corrected chi connectivity index (χ2v) is 4.27. The van der Waals surface area contributed by atoms with Gasteiger partial charge in [0.2, 0.25) is 0 Å². The molecule has 0 saturated heterocycles. The Balaban J connectivity index is 4.12. The molecule has 0 radical (unpaired) electrons. The number of esters is 1. The molecule has 0 aromatic carbocycles. The van der Waals surface area contributed by atoms with Crippen LogP contribution in [0.2, 0.25) is 0 Å². The molecule has 0 aromatic rings. The van der Waals surface area contributed by atoms with Crippen molar-refractivity contribution in [1.82, 2.24) is 0 Å². The molecule has 0 fully saturated rings. The van der Waals surface area contributed by atoms with Gasteiger partial charge in [0.15, 0.2) is 5.22 Å². The number of ether oxygens (including phenoxy) is 1. The minimum Gasteiger partial charge on any atom is -0.414 e. The van der Waals surface area contributed by atoms with E-state index in [0.717, 1.165) is 12.8 Å². The van der Waals surface area contributed by atoms with Crippen molar-refractivity contribution in [3.63, 3.8) is 0 Å². The lowest BCUT2D eigenvalue weighted by molar-refractivity contribution is -0.135. The highest BCUT2D eigenvalue weighted by Gasteiger charge is 1.95. The summed E-state index contributed by atoms with van der Waals surface area (Å²) in [5, 5.41) is 0.106. The van der Waals surface area contributed by atoms with Crippen molar-refractivity contribution in [1.29, 1.82) is 0 Å².